The van der Waals surface area contributed by atoms with E-state index in [1.54, 1.807) is 0 Å². The quantitative estimate of drug-likeness (QED) is 0.866. The van der Waals surface area contributed by atoms with Gasteiger partial charge in [-0.05, 0) is 25.0 Å². The van der Waals surface area contributed by atoms with E-state index >= 15 is 0 Å². The molecule has 1 aliphatic carbocycles. The molecule has 5 nitrogen and oxygen atoms in total. The van der Waals surface area contributed by atoms with Gasteiger partial charge in [0.25, 0.3) is 5.91 Å². The van der Waals surface area contributed by atoms with Gasteiger partial charge in [0.15, 0.2) is 0 Å². The van der Waals surface area contributed by atoms with Crippen LogP contribution >= 0.6 is 23.2 Å². The van der Waals surface area contributed by atoms with Crippen molar-refractivity contribution in [1.29, 1.82) is 0 Å². The summed E-state index contributed by atoms with van der Waals surface area (Å²) in [5.41, 5.74) is 5.56. The van der Waals surface area contributed by atoms with E-state index in [-0.39, 0.29) is 28.8 Å². The summed E-state index contributed by atoms with van der Waals surface area (Å²) in [5.74, 6) is -0.821. The lowest BCUT2D eigenvalue weighted by Crippen LogP contribution is -2.44. The summed E-state index contributed by atoms with van der Waals surface area (Å²) in [6, 6.07) is 2.93. The maximum atomic E-state index is 12.5. The van der Waals surface area contributed by atoms with Gasteiger partial charge in [-0.3, -0.25) is 9.59 Å². The van der Waals surface area contributed by atoms with Crippen LogP contribution in [-0.4, -0.2) is 34.3 Å². The number of halogens is 2. The molecule has 1 aromatic rings. The molecule has 0 unspecified atom stereocenters. The summed E-state index contributed by atoms with van der Waals surface area (Å²) in [6.07, 6.45) is 3.85. The molecule has 0 spiro atoms. The van der Waals surface area contributed by atoms with E-state index in [0.717, 1.165) is 25.7 Å². The lowest BCUT2D eigenvalue weighted by Gasteiger charge is -2.27. The Labute approximate surface area is 127 Å². The molecule has 20 heavy (non-hydrogen) atoms. The predicted octanol–water partition coefficient (Wildman–Crippen LogP) is 2.26. The number of nitrogens with two attached hydrogens (primary N) is 1. The molecule has 1 fully saturated rings. The molecule has 1 saturated carbocycles. The molecule has 0 radical (unpaired) electrons. The Kier molecular flexibility index (Phi) is 4.83. The van der Waals surface area contributed by atoms with Gasteiger partial charge in [0.1, 0.15) is 10.3 Å². The normalized spacial score (nSPS) is 15.3. The molecule has 0 bridgehead atoms. The maximum Gasteiger partial charge on any atom is 0.254 e. The van der Waals surface area contributed by atoms with Crippen LogP contribution < -0.4 is 5.73 Å². The van der Waals surface area contributed by atoms with Crippen LogP contribution in [0, 0.1) is 0 Å². The summed E-state index contributed by atoms with van der Waals surface area (Å²) in [7, 11) is 0. The Morgan fingerprint density at radius 1 is 1.25 bits per heavy atom. The van der Waals surface area contributed by atoms with E-state index < -0.39 is 5.91 Å². The zero-order valence-electron chi connectivity index (χ0n) is 10.8. The molecular weight excluding hydrogens is 301 g/mol. The molecule has 1 heterocycles. The highest BCUT2D eigenvalue weighted by Gasteiger charge is 2.28. The highest BCUT2D eigenvalue weighted by Crippen LogP contribution is 2.25. The van der Waals surface area contributed by atoms with Gasteiger partial charge in [0.05, 0.1) is 6.54 Å². The van der Waals surface area contributed by atoms with E-state index in [1.807, 2.05) is 0 Å². The lowest BCUT2D eigenvalue weighted by molar-refractivity contribution is -0.119. The second-order valence-electron chi connectivity index (χ2n) is 4.84. The summed E-state index contributed by atoms with van der Waals surface area (Å²) < 4.78 is 0. The molecule has 1 aromatic heterocycles. The summed E-state index contributed by atoms with van der Waals surface area (Å²) in [4.78, 5) is 29.1. The predicted molar refractivity (Wildman–Crippen MR) is 76.7 cm³/mol. The first-order chi connectivity index (χ1) is 9.47. The third-order valence-corrected chi connectivity index (χ3v) is 3.75. The van der Waals surface area contributed by atoms with Crippen LogP contribution in [0.3, 0.4) is 0 Å². The molecular formula is C13H15Cl2N3O2. The maximum absolute atomic E-state index is 12.5. The van der Waals surface area contributed by atoms with E-state index in [4.69, 9.17) is 28.9 Å². The molecule has 2 N–H and O–H groups in total. The van der Waals surface area contributed by atoms with Gasteiger partial charge in [-0.15, -0.1) is 0 Å². The number of carbonyl (C=O) groups is 2. The van der Waals surface area contributed by atoms with Crippen molar-refractivity contribution in [3.8, 4) is 0 Å². The van der Waals surface area contributed by atoms with Gasteiger partial charge in [0, 0.05) is 11.6 Å². The number of hydrogen-bond acceptors (Lipinski definition) is 3. The van der Waals surface area contributed by atoms with E-state index in [9.17, 15) is 9.59 Å². The molecule has 2 rings (SSSR count). The largest absolute Gasteiger partial charge is 0.368 e. The second kappa shape index (κ2) is 6.41. The molecule has 1 aliphatic rings. The Hall–Kier alpha value is -1.33. The van der Waals surface area contributed by atoms with E-state index in [2.05, 4.69) is 4.98 Å². The van der Waals surface area contributed by atoms with Crippen LogP contribution in [-0.2, 0) is 4.79 Å². The number of amides is 2. The van der Waals surface area contributed by atoms with Crippen LogP contribution in [0.15, 0.2) is 12.1 Å². The fourth-order valence-corrected chi connectivity index (χ4v) is 2.97. The van der Waals surface area contributed by atoms with Crippen molar-refractivity contribution in [2.24, 2.45) is 5.73 Å². The van der Waals surface area contributed by atoms with Crippen LogP contribution in [0.25, 0.3) is 0 Å². The van der Waals surface area contributed by atoms with Crippen molar-refractivity contribution in [2.45, 2.75) is 31.7 Å². The topological polar surface area (TPSA) is 76.3 Å². The third kappa shape index (κ3) is 3.61. The summed E-state index contributed by atoms with van der Waals surface area (Å²) >= 11 is 11.6. The number of primary amides is 1. The molecule has 0 saturated heterocycles. The first-order valence-corrected chi connectivity index (χ1v) is 7.15. The first kappa shape index (κ1) is 15.1. The molecule has 0 aromatic carbocycles. The number of carbonyl (C=O) groups excluding carboxylic acids is 2. The van der Waals surface area contributed by atoms with Gasteiger partial charge >= 0.3 is 0 Å². The fourth-order valence-electron chi connectivity index (χ4n) is 2.50. The number of pyridine rings is 1. The average Bonchev–Trinajstić information content (AvgIpc) is 2.87. The molecule has 7 heteroatoms. The molecule has 2 amide bonds. The van der Waals surface area contributed by atoms with Crippen molar-refractivity contribution in [3.05, 3.63) is 28.0 Å². The van der Waals surface area contributed by atoms with Crippen molar-refractivity contribution in [2.75, 3.05) is 6.54 Å². The highest BCUT2D eigenvalue weighted by atomic mass is 35.5. The summed E-state index contributed by atoms with van der Waals surface area (Å²) in [5, 5.41) is 0.289. The van der Waals surface area contributed by atoms with E-state index in [1.165, 1.54) is 17.0 Å². The fraction of sp³-hybridized carbons (Fsp3) is 0.462. The van der Waals surface area contributed by atoms with Gasteiger partial charge < -0.3 is 10.6 Å². The zero-order valence-corrected chi connectivity index (χ0v) is 12.3. The Bertz CT molecular complexity index is 510. The lowest BCUT2D eigenvalue weighted by atomic mass is 10.1. The highest BCUT2D eigenvalue weighted by molar-refractivity contribution is 6.33. The van der Waals surface area contributed by atoms with Crippen LogP contribution in [0.5, 0.6) is 0 Å². The van der Waals surface area contributed by atoms with Crippen molar-refractivity contribution in [1.82, 2.24) is 9.88 Å². The Balaban J connectivity index is 2.26. The number of aromatic nitrogens is 1. The minimum Gasteiger partial charge on any atom is -0.368 e. The number of rotatable bonds is 4. The van der Waals surface area contributed by atoms with Gasteiger partial charge in [0.2, 0.25) is 5.91 Å². The van der Waals surface area contributed by atoms with Gasteiger partial charge in [-0.25, -0.2) is 4.98 Å². The van der Waals surface area contributed by atoms with E-state index in [0.29, 0.717) is 5.56 Å². The van der Waals surface area contributed by atoms with Crippen molar-refractivity contribution >= 4 is 35.0 Å². The number of hydrogen-bond donors (Lipinski definition) is 1. The minimum atomic E-state index is -0.531. The smallest absolute Gasteiger partial charge is 0.254 e. The van der Waals surface area contributed by atoms with Crippen LogP contribution in [0.1, 0.15) is 36.0 Å². The average molecular weight is 316 g/mol. The second-order valence-corrected chi connectivity index (χ2v) is 5.61. The Morgan fingerprint density at radius 2 is 1.80 bits per heavy atom. The Morgan fingerprint density at radius 3 is 2.30 bits per heavy atom. The monoisotopic (exact) mass is 315 g/mol. The van der Waals surface area contributed by atoms with Gasteiger partial charge in [-0.1, -0.05) is 36.0 Å². The van der Waals surface area contributed by atoms with Gasteiger partial charge in [-0.2, -0.15) is 0 Å². The van der Waals surface area contributed by atoms with Crippen LogP contribution in [0.4, 0.5) is 0 Å². The number of nitrogens with zero attached hydrogens (tertiary/aromatic N) is 2. The van der Waals surface area contributed by atoms with Crippen molar-refractivity contribution in [3.63, 3.8) is 0 Å². The minimum absolute atomic E-state index is 0.0423. The molecule has 108 valence electrons. The first-order valence-electron chi connectivity index (χ1n) is 6.39. The van der Waals surface area contributed by atoms with Crippen molar-refractivity contribution < 1.29 is 9.59 Å². The standard InChI is InChI=1S/C13H15Cl2N3O2/c14-10-5-8(6-11(15)17-10)13(20)18(7-12(16)19)9-3-1-2-4-9/h5-6,9H,1-4,7H2,(H2,16,19). The SMILES string of the molecule is NC(=O)CN(C(=O)c1cc(Cl)nc(Cl)c1)C1CCCC1. The summed E-state index contributed by atoms with van der Waals surface area (Å²) in [6.45, 7) is -0.0962. The zero-order chi connectivity index (χ0) is 14.7. The molecule has 0 aliphatic heterocycles. The molecule has 0 atom stereocenters. The third-order valence-electron chi connectivity index (χ3n) is 3.36. The van der Waals surface area contributed by atoms with Crippen LogP contribution in [0.2, 0.25) is 10.3 Å².